The summed E-state index contributed by atoms with van der Waals surface area (Å²) in [6.07, 6.45) is 1.56. The van der Waals surface area contributed by atoms with Crippen LogP contribution in [0.3, 0.4) is 0 Å². The van der Waals surface area contributed by atoms with Gasteiger partial charge in [0.1, 0.15) is 11.5 Å². The molecule has 5 nitrogen and oxygen atoms in total. The Bertz CT molecular complexity index is 639. The minimum atomic E-state index is 0.228. The van der Waals surface area contributed by atoms with Crippen LogP contribution in [0.1, 0.15) is 25.5 Å². The van der Waals surface area contributed by atoms with Crippen LogP contribution in [0.5, 0.6) is 11.7 Å². The molecule has 1 N–H and O–H groups in total. The molecule has 1 aliphatic rings. The summed E-state index contributed by atoms with van der Waals surface area (Å²) in [6, 6.07) is 13.6. The van der Waals surface area contributed by atoms with E-state index >= 15 is 0 Å². The molecule has 0 radical (unpaired) electrons. The molecule has 2 heterocycles. The monoisotopic (exact) mass is 314 g/mol. The minimum Gasteiger partial charge on any atom is -0.429 e. The van der Waals surface area contributed by atoms with Crippen LogP contribution in [0.2, 0.25) is 0 Å². The van der Waals surface area contributed by atoms with Gasteiger partial charge in [-0.3, -0.25) is 4.79 Å². The molecule has 1 atom stereocenters. The van der Waals surface area contributed by atoms with Gasteiger partial charge in [0, 0.05) is 31.6 Å². The molecule has 122 valence electrons. The van der Waals surface area contributed by atoms with Crippen molar-refractivity contribution in [3.8, 4) is 11.7 Å². The number of para-hydroxylation sites is 1. The molecule has 5 heteroatoms. The van der Waals surface area contributed by atoms with E-state index in [0.717, 1.165) is 31.0 Å². The van der Waals surface area contributed by atoms with Crippen molar-refractivity contribution in [1.82, 2.24) is 10.2 Å². The van der Waals surface area contributed by atoms with Gasteiger partial charge in [0.05, 0.1) is 6.54 Å². The van der Waals surface area contributed by atoms with E-state index in [9.17, 15) is 4.79 Å². The largest absolute Gasteiger partial charge is 0.429 e. The van der Waals surface area contributed by atoms with Gasteiger partial charge in [0.2, 0.25) is 5.91 Å². The number of furan rings is 1. The van der Waals surface area contributed by atoms with E-state index in [4.69, 9.17) is 9.15 Å². The lowest BCUT2D eigenvalue weighted by Crippen LogP contribution is -2.34. The SMILES string of the molecule is CCC(=O)N1CCC(NCc2ccc(Oc3ccccc3)o2)C1. The van der Waals surface area contributed by atoms with E-state index in [-0.39, 0.29) is 5.91 Å². The number of rotatable bonds is 6. The van der Waals surface area contributed by atoms with Gasteiger partial charge in [-0.05, 0) is 24.6 Å². The zero-order valence-corrected chi connectivity index (χ0v) is 13.3. The Morgan fingerprint density at radius 3 is 2.91 bits per heavy atom. The summed E-state index contributed by atoms with van der Waals surface area (Å²) in [5.41, 5.74) is 0. The smallest absolute Gasteiger partial charge is 0.290 e. The van der Waals surface area contributed by atoms with E-state index in [1.807, 2.05) is 54.3 Å². The molecular weight excluding hydrogens is 292 g/mol. The molecular formula is C18H22N2O3. The molecule has 1 fully saturated rings. The van der Waals surface area contributed by atoms with Gasteiger partial charge < -0.3 is 19.4 Å². The van der Waals surface area contributed by atoms with Crippen molar-refractivity contribution >= 4 is 5.91 Å². The number of benzene rings is 1. The maximum atomic E-state index is 11.7. The van der Waals surface area contributed by atoms with Crippen LogP contribution in [0.25, 0.3) is 0 Å². The van der Waals surface area contributed by atoms with Crippen molar-refractivity contribution in [2.24, 2.45) is 0 Å². The van der Waals surface area contributed by atoms with Gasteiger partial charge in [-0.2, -0.15) is 0 Å². The number of amides is 1. The predicted molar refractivity (Wildman–Crippen MR) is 87.3 cm³/mol. The van der Waals surface area contributed by atoms with Crippen molar-refractivity contribution in [3.63, 3.8) is 0 Å². The molecule has 1 amide bonds. The number of hydrogen-bond donors (Lipinski definition) is 1. The molecule has 0 spiro atoms. The topological polar surface area (TPSA) is 54.7 Å². The number of nitrogens with zero attached hydrogens (tertiary/aromatic N) is 1. The van der Waals surface area contributed by atoms with Gasteiger partial charge in [-0.1, -0.05) is 25.1 Å². The van der Waals surface area contributed by atoms with Crippen LogP contribution in [-0.2, 0) is 11.3 Å². The molecule has 3 rings (SSSR count). The number of likely N-dealkylation sites (tertiary alicyclic amines) is 1. The molecule has 2 aromatic rings. The fourth-order valence-electron chi connectivity index (χ4n) is 2.73. The fourth-order valence-corrected chi connectivity index (χ4v) is 2.73. The first kappa shape index (κ1) is 15.6. The van der Waals surface area contributed by atoms with Gasteiger partial charge in [-0.15, -0.1) is 0 Å². The van der Waals surface area contributed by atoms with Crippen LogP contribution in [-0.4, -0.2) is 29.9 Å². The van der Waals surface area contributed by atoms with E-state index in [1.54, 1.807) is 0 Å². The molecule has 1 aromatic carbocycles. The zero-order valence-electron chi connectivity index (χ0n) is 13.3. The molecule has 0 aliphatic carbocycles. The highest BCUT2D eigenvalue weighted by Gasteiger charge is 2.24. The normalized spacial score (nSPS) is 17.4. The van der Waals surface area contributed by atoms with Crippen LogP contribution in [0.15, 0.2) is 46.9 Å². The Balaban J connectivity index is 1.47. The molecule has 23 heavy (non-hydrogen) atoms. The van der Waals surface area contributed by atoms with E-state index in [1.165, 1.54) is 0 Å². The van der Waals surface area contributed by atoms with Gasteiger partial charge >= 0.3 is 0 Å². The summed E-state index contributed by atoms with van der Waals surface area (Å²) in [7, 11) is 0. The number of ether oxygens (including phenoxy) is 1. The highest BCUT2D eigenvalue weighted by molar-refractivity contribution is 5.76. The zero-order chi connectivity index (χ0) is 16.1. The Morgan fingerprint density at radius 1 is 1.30 bits per heavy atom. The quantitative estimate of drug-likeness (QED) is 0.890. The van der Waals surface area contributed by atoms with Crippen molar-refractivity contribution in [2.45, 2.75) is 32.4 Å². The Morgan fingerprint density at radius 2 is 2.13 bits per heavy atom. The van der Waals surface area contributed by atoms with Crippen LogP contribution < -0.4 is 10.1 Å². The van der Waals surface area contributed by atoms with Crippen molar-refractivity contribution in [3.05, 3.63) is 48.2 Å². The highest BCUT2D eigenvalue weighted by atomic mass is 16.6. The van der Waals surface area contributed by atoms with Crippen molar-refractivity contribution < 1.29 is 13.9 Å². The van der Waals surface area contributed by atoms with Gasteiger partial charge in [0.15, 0.2) is 0 Å². The van der Waals surface area contributed by atoms with E-state index in [0.29, 0.717) is 25.0 Å². The molecule has 1 aromatic heterocycles. The highest BCUT2D eigenvalue weighted by Crippen LogP contribution is 2.23. The average Bonchev–Trinajstić information content (AvgIpc) is 3.22. The number of carbonyl (C=O) groups is 1. The Kier molecular flexibility index (Phi) is 4.98. The lowest BCUT2D eigenvalue weighted by molar-refractivity contribution is -0.129. The summed E-state index contributed by atoms with van der Waals surface area (Å²) >= 11 is 0. The Hall–Kier alpha value is -2.27. The summed E-state index contributed by atoms with van der Waals surface area (Å²) < 4.78 is 11.3. The number of hydrogen-bond acceptors (Lipinski definition) is 4. The standard InChI is InChI=1S/C18H22N2O3/c1-2-17(21)20-11-10-14(13-20)19-12-16-8-9-18(23-16)22-15-6-4-3-5-7-15/h3-9,14,19H,2,10-13H2,1H3. The van der Waals surface area contributed by atoms with Gasteiger partial charge in [0.25, 0.3) is 5.95 Å². The third-order valence-electron chi connectivity index (χ3n) is 4.01. The summed E-state index contributed by atoms with van der Waals surface area (Å²) in [5, 5.41) is 3.44. The molecule has 0 saturated carbocycles. The van der Waals surface area contributed by atoms with E-state index < -0.39 is 0 Å². The first-order chi connectivity index (χ1) is 11.2. The molecule has 1 aliphatic heterocycles. The summed E-state index contributed by atoms with van der Waals surface area (Å²) in [5.74, 6) is 2.30. The molecule has 1 saturated heterocycles. The minimum absolute atomic E-state index is 0.228. The van der Waals surface area contributed by atoms with Crippen molar-refractivity contribution in [2.75, 3.05) is 13.1 Å². The lowest BCUT2D eigenvalue weighted by Gasteiger charge is -2.15. The molecule has 0 bridgehead atoms. The predicted octanol–water partition coefficient (Wildman–Crippen LogP) is 3.17. The maximum absolute atomic E-state index is 11.7. The van der Waals surface area contributed by atoms with Crippen LogP contribution >= 0.6 is 0 Å². The first-order valence-electron chi connectivity index (χ1n) is 8.07. The van der Waals surface area contributed by atoms with Gasteiger partial charge in [-0.25, -0.2) is 0 Å². The Labute approximate surface area is 136 Å². The van der Waals surface area contributed by atoms with Crippen LogP contribution in [0.4, 0.5) is 0 Å². The number of carbonyl (C=O) groups excluding carboxylic acids is 1. The fraction of sp³-hybridized carbons (Fsp3) is 0.389. The summed E-state index contributed by atoms with van der Waals surface area (Å²) in [4.78, 5) is 13.6. The third kappa shape index (κ3) is 4.13. The van der Waals surface area contributed by atoms with E-state index in [2.05, 4.69) is 5.32 Å². The third-order valence-corrected chi connectivity index (χ3v) is 4.01. The average molecular weight is 314 g/mol. The second kappa shape index (κ2) is 7.33. The second-order valence-electron chi connectivity index (χ2n) is 5.70. The summed E-state index contributed by atoms with van der Waals surface area (Å²) in [6.45, 7) is 4.16. The number of nitrogens with one attached hydrogen (secondary N) is 1. The molecule has 1 unspecified atom stereocenters. The first-order valence-corrected chi connectivity index (χ1v) is 8.07. The second-order valence-corrected chi connectivity index (χ2v) is 5.70. The maximum Gasteiger partial charge on any atom is 0.290 e. The lowest BCUT2D eigenvalue weighted by atomic mass is 10.2. The van der Waals surface area contributed by atoms with Crippen molar-refractivity contribution in [1.29, 1.82) is 0 Å². The van der Waals surface area contributed by atoms with Crippen LogP contribution in [0, 0.1) is 0 Å².